The van der Waals surface area contributed by atoms with Crippen LogP contribution in [0.2, 0.25) is 0 Å². The quantitative estimate of drug-likeness (QED) is 0.569. The molecular formula is C21H23N3O2S. The highest BCUT2D eigenvalue weighted by atomic mass is 32.2. The SMILES string of the molecule is CCN(C(=O)[C@H](C)Sc1nnc(-c2cc(C)cc(C)c2)o1)c1ccccc1. The van der Waals surface area contributed by atoms with Crippen LogP contribution >= 0.6 is 11.8 Å². The molecule has 1 heterocycles. The van der Waals surface area contributed by atoms with Crippen LogP contribution < -0.4 is 4.90 Å². The van der Waals surface area contributed by atoms with E-state index in [1.54, 1.807) is 4.90 Å². The van der Waals surface area contributed by atoms with Crippen molar-refractivity contribution >= 4 is 23.4 Å². The van der Waals surface area contributed by atoms with Gasteiger partial charge in [0.15, 0.2) is 0 Å². The molecule has 0 bridgehead atoms. The van der Waals surface area contributed by atoms with Gasteiger partial charge in [-0.15, -0.1) is 10.2 Å². The number of hydrogen-bond acceptors (Lipinski definition) is 5. The number of hydrogen-bond donors (Lipinski definition) is 0. The van der Waals surface area contributed by atoms with E-state index in [9.17, 15) is 4.79 Å². The van der Waals surface area contributed by atoms with Gasteiger partial charge in [0.05, 0.1) is 5.25 Å². The molecule has 2 aromatic carbocycles. The third-order valence-corrected chi connectivity index (χ3v) is 5.07. The second kappa shape index (κ2) is 8.39. The Morgan fingerprint density at radius 2 is 1.78 bits per heavy atom. The zero-order chi connectivity index (χ0) is 19.4. The summed E-state index contributed by atoms with van der Waals surface area (Å²) in [4.78, 5) is 14.6. The number of carbonyl (C=O) groups is 1. The molecule has 0 unspecified atom stereocenters. The summed E-state index contributed by atoms with van der Waals surface area (Å²) in [5.41, 5.74) is 4.06. The molecule has 1 atom stereocenters. The number of nitrogens with zero attached hydrogens (tertiary/aromatic N) is 3. The van der Waals surface area contributed by atoms with Crippen LogP contribution in [0.25, 0.3) is 11.5 Å². The summed E-state index contributed by atoms with van der Waals surface area (Å²) in [5, 5.41) is 8.31. The number of para-hydroxylation sites is 1. The van der Waals surface area contributed by atoms with Crippen molar-refractivity contribution in [1.29, 1.82) is 0 Å². The Balaban J connectivity index is 1.73. The third-order valence-electron chi connectivity index (χ3n) is 4.15. The lowest BCUT2D eigenvalue weighted by Crippen LogP contribution is -2.36. The molecule has 5 nitrogen and oxygen atoms in total. The minimum Gasteiger partial charge on any atom is -0.411 e. The molecule has 0 saturated heterocycles. The molecule has 1 amide bonds. The zero-order valence-electron chi connectivity index (χ0n) is 16.0. The maximum Gasteiger partial charge on any atom is 0.277 e. The third kappa shape index (κ3) is 4.57. The molecular weight excluding hydrogens is 358 g/mol. The fraction of sp³-hybridized carbons (Fsp3) is 0.286. The minimum atomic E-state index is -0.335. The summed E-state index contributed by atoms with van der Waals surface area (Å²) < 4.78 is 5.79. The van der Waals surface area contributed by atoms with E-state index in [1.807, 2.05) is 70.2 Å². The largest absolute Gasteiger partial charge is 0.411 e. The topological polar surface area (TPSA) is 59.2 Å². The van der Waals surface area contributed by atoms with Gasteiger partial charge < -0.3 is 9.32 Å². The Kier molecular flexibility index (Phi) is 5.96. The van der Waals surface area contributed by atoms with Crippen LogP contribution in [0.5, 0.6) is 0 Å². The fourth-order valence-electron chi connectivity index (χ4n) is 2.97. The number of carbonyl (C=O) groups excluding carboxylic acids is 1. The van der Waals surface area contributed by atoms with E-state index in [4.69, 9.17) is 4.42 Å². The van der Waals surface area contributed by atoms with Crippen LogP contribution in [-0.4, -0.2) is 27.9 Å². The summed E-state index contributed by atoms with van der Waals surface area (Å²) in [6, 6.07) is 15.8. The minimum absolute atomic E-state index is 0.0138. The van der Waals surface area contributed by atoms with E-state index in [-0.39, 0.29) is 11.2 Å². The Hall–Kier alpha value is -2.60. The van der Waals surface area contributed by atoms with E-state index >= 15 is 0 Å². The molecule has 0 radical (unpaired) electrons. The van der Waals surface area contributed by atoms with Gasteiger partial charge in [-0.05, 0) is 52.0 Å². The number of benzene rings is 2. The molecule has 6 heteroatoms. The van der Waals surface area contributed by atoms with Gasteiger partial charge in [-0.25, -0.2) is 0 Å². The zero-order valence-corrected chi connectivity index (χ0v) is 16.8. The first kappa shape index (κ1) is 19.2. The summed E-state index contributed by atoms with van der Waals surface area (Å²) in [7, 11) is 0. The highest BCUT2D eigenvalue weighted by Gasteiger charge is 2.24. The van der Waals surface area contributed by atoms with Gasteiger partial charge in [-0.2, -0.15) is 0 Å². The van der Waals surface area contributed by atoms with Gasteiger partial charge >= 0.3 is 0 Å². The maximum atomic E-state index is 12.9. The lowest BCUT2D eigenvalue weighted by atomic mass is 10.1. The standard InChI is InChI=1S/C21H23N3O2S/c1-5-24(18-9-7-6-8-10-18)20(25)16(4)27-21-23-22-19(26-21)17-12-14(2)11-15(3)13-17/h6-13,16H,5H2,1-4H3/t16-/m0/s1. The summed E-state index contributed by atoms with van der Waals surface area (Å²) in [6.45, 7) is 8.50. The molecule has 3 aromatic rings. The first-order valence-electron chi connectivity index (χ1n) is 8.93. The number of aryl methyl sites for hydroxylation is 2. The van der Waals surface area contributed by atoms with E-state index in [1.165, 1.54) is 11.8 Å². The van der Waals surface area contributed by atoms with Crippen molar-refractivity contribution in [3.8, 4) is 11.5 Å². The first-order chi connectivity index (χ1) is 13.0. The molecule has 140 valence electrons. The van der Waals surface area contributed by atoms with Crippen molar-refractivity contribution in [1.82, 2.24) is 10.2 Å². The van der Waals surface area contributed by atoms with E-state index in [0.717, 1.165) is 22.4 Å². The second-order valence-corrected chi connectivity index (χ2v) is 7.72. The van der Waals surface area contributed by atoms with Crippen LogP contribution in [0.1, 0.15) is 25.0 Å². The number of rotatable bonds is 6. The molecule has 0 fully saturated rings. The molecule has 0 N–H and O–H groups in total. The lowest BCUT2D eigenvalue weighted by Gasteiger charge is -2.23. The van der Waals surface area contributed by atoms with Crippen molar-refractivity contribution in [2.24, 2.45) is 0 Å². The first-order valence-corrected chi connectivity index (χ1v) is 9.81. The Morgan fingerprint density at radius 3 is 2.41 bits per heavy atom. The molecule has 3 rings (SSSR count). The van der Waals surface area contributed by atoms with Crippen molar-refractivity contribution in [2.45, 2.75) is 38.2 Å². The van der Waals surface area contributed by atoms with Gasteiger partial charge in [0.25, 0.3) is 5.22 Å². The van der Waals surface area contributed by atoms with E-state index in [2.05, 4.69) is 16.3 Å². The molecule has 0 spiro atoms. The normalized spacial score (nSPS) is 12.0. The Bertz CT molecular complexity index is 904. The number of thioether (sulfide) groups is 1. The molecule has 1 aromatic heterocycles. The predicted molar refractivity (Wildman–Crippen MR) is 109 cm³/mol. The summed E-state index contributed by atoms with van der Waals surface area (Å²) >= 11 is 1.28. The lowest BCUT2D eigenvalue weighted by molar-refractivity contribution is -0.117. The monoisotopic (exact) mass is 381 g/mol. The van der Waals surface area contributed by atoms with E-state index < -0.39 is 0 Å². The van der Waals surface area contributed by atoms with Crippen LogP contribution in [-0.2, 0) is 4.79 Å². The Morgan fingerprint density at radius 1 is 1.11 bits per heavy atom. The molecule has 0 aliphatic rings. The van der Waals surface area contributed by atoms with Crippen molar-refractivity contribution in [3.63, 3.8) is 0 Å². The van der Waals surface area contributed by atoms with Crippen molar-refractivity contribution in [3.05, 3.63) is 59.7 Å². The number of amides is 1. The second-order valence-electron chi connectivity index (χ2n) is 6.43. The Labute approximate surface area is 163 Å². The number of aromatic nitrogens is 2. The van der Waals surface area contributed by atoms with Crippen molar-refractivity contribution < 1.29 is 9.21 Å². The van der Waals surface area contributed by atoms with Crippen molar-refractivity contribution in [2.75, 3.05) is 11.4 Å². The highest BCUT2D eigenvalue weighted by molar-refractivity contribution is 8.00. The van der Waals surface area contributed by atoms with Gasteiger partial charge in [0.2, 0.25) is 11.8 Å². The average molecular weight is 382 g/mol. The van der Waals surface area contributed by atoms with Crippen LogP contribution in [0, 0.1) is 13.8 Å². The number of anilines is 1. The predicted octanol–water partition coefficient (Wildman–Crippen LogP) is 4.89. The summed E-state index contributed by atoms with van der Waals surface area (Å²) in [5.74, 6) is 0.485. The summed E-state index contributed by atoms with van der Waals surface area (Å²) in [6.07, 6.45) is 0. The molecule has 0 aliphatic heterocycles. The smallest absolute Gasteiger partial charge is 0.277 e. The maximum absolute atomic E-state index is 12.9. The average Bonchev–Trinajstić information content (AvgIpc) is 3.11. The van der Waals surface area contributed by atoms with Gasteiger partial charge in [-0.1, -0.05) is 47.2 Å². The van der Waals surface area contributed by atoms with Crippen LogP contribution in [0.15, 0.2) is 58.2 Å². The van der Waals surface area contributed by atoms with Gasteiger partial charge in [0, 0.05) is 17.8 Å². The van der Waals surface area contributed by atoms with Crippen LogP contribution in [0.4, 0.5) is 5.69 Å². The van der Waals surface area contributed by atoms with Gasteiger partial charge in [-0.3, -0.25) is 4.79 Å². The molecule has 0 saturated carbocycles. The van der Waals surface area contributed by atoms with Gasteiger partial charge in [0.1, 0.15) is 0 Å². The van der Waals surface area contributed by atoms with E-state index in [0.29, 0.717) is 17.7 Å². The fourth-order valence-corrected chi connectivity index (χ4v) is 3.71. The molecule has 0 aliphatic carbocycles. The highest BCUT2D eigenvalue weighted by Crippen LogP contribution is 2.28. The van der Waals surface area contributed by atoms with Crippen LogP contribution in [0.3, 0.4) is 0 Å². The molecule has 27 heavy (non-hydrogen) atoms.